The number of benzene rings is 2. The first-order valence-corrected chi connectivity index (χ1v) is 10.3. The summed E-state index contributed by atoms with van der Waals surface area (Å²) in [6.07, 6.45) is 3.73. The summed E-state index contributed by atoms with van der Waals surface area (Å²) in [5.41, 5.74) is 3.05. The number of rotatable bonds is 5. The van der Waals surface area contributed by atoms with Gasteiger partial charge in [-0.05, 0) is 35.2 Å². The second-order valence-corrected chi connectivity index (χ2v) is 8.47. The summed E-state index contributed by atoms with van der Waals surface area (Å²) in [7, 11) is -3.59. The largest absolute Gasteiger partial charge is 0.278 e. The molecular formula is C19H15N3O2S2. The monoisotopic (exact) mass is 381 g/mol. The van der Waals surface area contributed by atoms with Gasteiger partial charge in [-0.1, -0.05) is 48.5 Å². The summed E-state index contributed by atoms with van der Waals surface area (Å²) < 4.78 is 27.9. The minimum atomic E-state index is -3.59. The van der Waals surface area contributed by atoms with E-state index >= 15 is 0 Å². The zero-order valence-electron chi connectivity index (χ0n) is 13.6. The van der Waals surface area contributed by atoms with Crippen LogP contribution in [-0.2, 0) is 10.0 Å². The molecule has 130 valence electrons. The standard InChI is InChI=1S/C19H15N3O2S2/c23-26(24,19-10-5-13-25-19)22-16-8-3-1-6-14(16)11-12-18-15-7-2-4-9-17(15)20-21-18/h1-13,22H,(H,20,21). The van der Waals surface area contributed by atoms with Crippen LogP contribution in [-0.4, -0.2) is 18.6 Å². The van der Waals surface area contributed by atoms with Crippen molar-refractivity contribution in [1.29, 1.82) is 0 Å². The lowest BCUT2D eigenvalue weighted by Gasteiger charge is -2.09. The molecule has 0 fully saturated rings. The number of H-pyrrole nitrogens is 1. The molecule has 0 aliphatic heterocycles. The molecule has 0 saturated heterocycles. The fraction of sp³-hybridized carbons (Fsp3) is 0. The summed E-state index contributed by atoms with van der Waals surface area (Å²) in [5.74, 6) is 0. The summed E-state index contributed by atoms with van der Waals surface area (Å²) in [6, 6.07) is 18.4. The second-order valence-electron chi connectivity index (χ2n) is 5.61. The van der Waals surface area contributed by atoms with Gasteiger partial charge in [-0.15, -0.1) is 11.3 Å². The first-order chi connectivity index (χ1) is 12.6. The van der Waals surface area contributed by atoms with Crippen molar-refractivity contribution in [2.24, 2.45) is 0 Å². The second kappa shape index (κ2) is 6.78. The number of hydrogen-bond donors (Lipinski definition) is 2. The molecule has 2 aromatic carbocycles. The molecular weight excluding hydrogens is 366 g/mol. The molecule has 5 nitrogen and oxygen atoms in total. The Hall–Kier alpha value is -2.90. The van der Waals surface area contributed by atoms with E-state index in [1.165, 1.54) is 11.3 Å². The number of nitrogens with one attached hydrogen (secondary N) is 2. The van der Waals surface area contributed by atoms with Crippen molar-refractivity contribution in [3.8, 4) is 0 Å². The summed E-state index contributed by atoms with van der Waals surface area (Å²) in [5, 5.41) is 10.0. The Kier molecular flexibility index (Phi) is 4.32. The summed E-state index contributed by atoms with van der Waals surface area (Å²) in [6.45, 7) is 0. The highest BCUT2D eigenvalue weighted by Gasteiger charge is 2.16. The van der Waals surface area contributed by atoms with Crippen LogP contribution in [0.25, 0.3) is 23.1 Å². The van der Waals surface area contributed by atoms with Crippen LogP contribution in [0.15, 0.2) is 70.3 Å². The number of fused-ring (bicyclic) bond motifs is 1. The number of nitrogens with zero attached hydrogens (tertiary/aromatic N) is 1. The molecule has 2 aromatic heterocycles. The maximum atomic E-state index is 12.5. The Bertz CT molecular complexity index is 1180. The number of aromatic amines is 1. The summed E-state index contributed by atoms with van der Waals surface area (Å²) >= 11 is 1.19. The molecule has 0 amide bonds. The van der Waals surface area contributed by atoms with E-state index in [2.05, 4.69) is 14.9 Å². The highest BCUT2D eigenvalue weighted by atomic mass is 32.2. The number of hydrogen-bond acceptors (Lipinski definition) is 4. The Morgan fingerprint density at radius 3 is 2.62 bits per heavy atom. The van der Waals surface area contributed by atoms with Gasteiger partial charge in [0.05, 0.1) is 16.9 Å². The molecule has 0 aliphatic rings. The van der Waals surface area contributed by atoms with E-state index in [9.17, 15) is 8.42 Å². The SMILES string of the molecule is O=S(=O)(Nc1ccccc1C=Cc1n[nH]c2ccccc12)c1cccs1. The van der Waals surface area contributed by atoms with E-state index in [-0.39, 0.29) is 4.21 Å². The Balaban J connectivity index is 1.66. The van der Waals surface area contributed by atoms with Crippen molar-refractivity contribution in [1.82, 2.24) is 10.2 Å². The van der Waals surface area contributed by atoms with Crippen molar-refractivity contribution >= 4 is 50.1 Å². The van der Waals surface area contributed by atoms with Crippen LogP contribution in [0.3, 0.4) is 0 Å². The zero-order valence-corrected chi connectivity index (χ0v) is 15.2. The van der Waals surface area contributed by atoms with Crippen LogP contribution in [0.4, 0.5) is 5.69 Å². The van der Waals surface area contributed by atoms with Crippen LogP contribution in [0.1, 0.15) is 11.3 Å². The highest BCUT2D eigenvalue weighted by molar-refractivity contribution is 7.94. The molecule has 0 saturated carbocycles. The molecule has 0 unspecified atom stereocenters. The van der Waals surface area contributed by atoms with Gasteiger partial charge in [0.2, 0.25) is 0 Å². The quantitative estimate of drug-likeness (QED) is 0.531. The molecule has 2 heterocycles. The van der Waals surface area contributed by atoms with Gasteiger partial charge in [0.1, 0.15) is 4.21 Å². The molecule has 0 aliphatic carbocycles. The first kappa shape index (κ1) is 16.6. The van der Waals surface area contributed by atoms with Gasteiger partial charge >= 0.3 is 0 Å². The van der Waals surface area contributed by atoms with Crippen molar-refractivity contribution in [2.45, 2.75) is 4.21 Å². The van der Waals surface area contributed by atoms with Gasteiger partial charge in [0.25, 0.3) is 10.0 Å². The minimum absolute atomic E-state index is 0.287. The average Bonchev–Trinajstić information content (AvgIpc) is 3.31. The lowest BCUT2D eigenvalue weighted by molar-refractivity contribution is 0.603. The molecule has 4 aromatic rings. The number of para-hydroxylation sites is 2. The van der Waals surface area contributed by atoms with E-state index in [0.717, 1.165) is 22.2 Å². The van der Waals surface area contributed by atoms with Gasteiger partial charge in [0.15, 0.2) is 0 Å². The number of anilines is 1. The average molecular weight is 381 g/mol. The first-order valence-electron chi connectivity index (χ1n) is 7.90. The van der Waals surface area contributed by atoms with Crippen LogP contribution in [0.2, 0.25) is 0 Å². The fourth-order valence-electron chi connectivity index (χ4n) is 2.63. The van der Waals surface area contributed by atoms with Crippen LogP contribution < -0.4 is 4.72 Å². The number of thiophene rings is 1. The third-order valence-corrected chi connectivity index (χ3v) is 6.65. The van der Waals surface area contributed by atoms with Crippen molar-refractivity contribution in [3.05, 3.63) is 77.3 Å². The molecule has 0 spiro atoms. The molecule has 4 rings (SSSR count). The van der Waals surface area contributed by atoms with Crippen LogP contribution >= 0.6 is 11.3 Å². The number of sulfonamides is 1. The van der Waals surface area contributed by atoms with Crippen molar-refractivity contribution in [3.63, 3.8) is 0 Å². The lowest BCUT2D eigenvalue weighted by atomic mass is 10.1. The van der Waals surface area contributed by atoms with Crippen molar-refractivity contribution in [2.75, 3.05) is 4.72 Å². The van der Waals surface area contributed by atoms with E-state index in [4.69, 9.17) is 0 Å². The van der Waals surface area contributed by atoms with E-state index in [0.29, 0.717) is 5.69 Å². The van der Waals surface area contributed by atoms with Gasteiger partial charge in [-0.25, -0.2) is 8.42 Å². The topological polar surface area (TPSA) is 74.8 Å². The maximum Gasteiger partial charge on any atom is 0.271 e. The van der Waals surface area contributed by atoms with Crippen LogP contribution in [0.5, 0.6) is 0 Å². The van der Waals surface area contributed by atoms with Crippen LogP contribution in [0, 0.1) is 0 Å². The van der Waals surface area contributed by atoms with Gasteiger partial charge < -0.3 is 0 Å². The fourth-order valence-corrected chi connectivity index (χ4v) is 4.71. The molecule has 0 bridgehead atoms. The third kappa shape index (κ3) is 3.26. The Labute approximate surface area is 155 Å². The maximum absolute atomic E-state index is 12.5. The molecule has 0 radical (unpaired) electrons. The molecule has 26 heavy (non-hydrogen) atoms. The number of aromatic nitrogens is 2. The minimum Gasteiger partial charge on any atom is -0.278 e. The Morgan fingerprint density at radius 2 is 1.77 bits per heavy atom. The lowest BCUT2D eigenvalue weighted by Crippen LogP contribution is -2.12. The van der Waals surface area contributed by atoms with Gasteiger partial charge in [-0.3, -0.25) is 9.82 Å². The highest BCUT2D eigenvalue weighted by Crippen LogP contribution is 2.25. The zero-order chi connectivity index (χ0) is 18.0. The van der Waals surface area contributed by atoms with Gasteiger partial charge in [0, 0.05) is 5.39 Å². The summed E-state index contributed by atoms with van der Waals surface area (Å²) in [4.78, 5) is 0. The third-order valence-electron chi connectivity index (χ3n) is 3.89. The predicted octanol–water partition coefficient (Wildman–Crippen LogP) is 4.60. The van der Waals surface area contributed by atoms with Crippen molar-refractivity contribution < 1.29 is 8.42 Å². The van der Waals surface area contributed by atoms with Gasteiger partial charge in [-0.2, -0.15) is 5.10 Å². The van der Waals surface area contributed by atoms with E-state index < -0.39 is 10.0 Å². The molecule has 7 heteroatoms. The van der Waals surface area contributed by atoms with E-state index in [1.54, 1.807) is 29.6 Å². The normalized spacial score (nSPS) is 12.0. The van der Waals surface area contributed by atoms with E-state index in [1.807, 2.05) is 48.6 Å². The molecule has 0 atom stereocenters. The predicted molar refractivity (Wildman–Crippen MR) is 107 cm³/mol. The smallest absolute Gasteiger partial charge is 0.271 e. The molecule has 2 N–H and O–H groups in total. The Morgan fingerprint density at radius 1 is 0.962 bits per heavy atom.